The molecule has 0 spiro atoms. The number of ether oxygens (including phenoxy) is 4. The fraction of sp³-hybridized carbons (Fsp3) is 0.714. The number of rotatable bonds is 7. The third-order valence-electron chi connectivity index (χ3n) is 9.67. The number of ketones is 2. The van der Waals surface area contributed by atoms with Gasteiger partial charge in [-0.15, -0.1) is 11.6 Å². The predicted octanol–water partition coefficient (Wildman–Crippen LogP) is 4.67. The van der Waals surface area contributed by atoms with Crippen molar-refractivity contribution in [1.29, 1.82) is 0 Å². The molecule has 0 aromatic heterocycles. The second-order valence-corrected chi connectivity index (χ2v) is 12.0. The van der Waals surface area contributed by atoms with Crippen molar-refractivity contribution in [1.82, 2.24) is 0 Å². The predicted molar refractivity (Wildman–Crippen MR) is 137 cm³/mol. The maximum absolute atomic E-state index is 13.7. The van der Waals surface area contributed by atoms with E-state index in [0.717, 1.165) is 19.1 Å². The lowest BCUT2D eigenvalue weighted by Gasteiger charge is -2.63. The van der Waals surface area contributed by atoms with Gasteiger partial charge in [-0.25, -0.2) is 9.59 Å². The van der Waals surface area contributed by atoms with Gasteiger partial charge in [-0.2, -0.15) is 0 Å². The number of aliphatic hydroxyl groups is 1. The molecule has 10 heteroatoms. The molecule has 3 fully saturated rings. The van der Waals surface area contributed by atoms with Gasteiger partial charge in [0.25, 0.3) is 0 Å². The standard InChI is InChI=1S/C28H37ClO9/c1-5-6-13-36-24(34)37-16-22(32)27(38-23(33)35-4)12-10-19-20-8-7-17-14-18(30)9-11-25(17,2)28(20,29)21(31)15-26(19,27)3/h9,11,14,19-21,31H,5-8,10,12-13,15-16H2,1-4H3/t19-,20-,21?,25-,26-,27-,28-/m0/s1. The van der Waals surface area contributed by atoms with Crippen LogP contribution in [0.3, 0.4) is 0 Å². The van der Waals surface area contributed by atoms with E-state index in [2.05, 4.69) is 0 Å². The molecule has 38 heavy (non-hydrogen) atoms. The van der Waals surface area contributed by atoms with Crippen molar-refractivity contribution in [3.63, 3.8) is 0 Å². The smallest absolute Gasteiger partial charge is 0.438 e. The highest BCUT2D eigenvalue weighted by Gasteiger charge is 2.74. The first-order valence-electron chi connectivity index (χ1n) is 13.3. The van der Waals surface area contributed by atoms with Crippen molar-refractivity contribution < 1.29 is 43.2 Å². The third-order valence-corrected chi connectivity index (χ3v) is 10.6. The molecule has 4 rings (SSSR count). The minimum atomic E-state index is -1.69. The van der Waals surface area contributed by atoms with E-state index in [4.69, 9.17) is 30.5 Å². The first-order chi connectivity index (χ1) is 17.9. The molecule has 1 N–H and O–H groups in total. The zero-order valence-electron chi connectivity index (χ0n) is 22.4. The maximum atomic E-state index is 13.7. The lowest BCUT2D eigenvalue weighted by molar-refractivity contribution is -0.179. The van der Waals surface area contributed by atoms with Crippen molar-refractivity contribution in [2.45, 2.75) is 82.3 Å². The Bertz CT molecular complexity index is 1070. The molecule has 0 aromatic rings. The fourth-order valence-corrected chi connectivity index (χ4v) is 8.17. The Morgan fingerprint density at radius 1 is 1.13 bits per heavy atom. The Hall–Kier alpha value is -2.39. The highest BCUT2D eigenvalue weighted by Crippen LogP contribution is 2.71. The SMILES string of the molecule is CCCCOC(=O)OCC(=O)[C@@]1(OC(=O)OC)CC[C@H]2[C@@H]3CCC4=CC(=O)C=C[C@]4(C)[C@@]3(Cl)C(O)C[C@@]21C. The van der Waals surface area contributed by atoms with E-state index >= 15 is 0 Å². The molecule has 7 atom stereocenters. The summed E-state index contributed by atoms with van der Waals surface area (Å²) in [5.74, 6) is -1.14. The number of allylic oxidation sites excluding steroid dienone is 4. The summed E-state index contributed by atoms with van der Waals surface area (Å²) in [5.41, 5.74) is -2.57. The molecule has 0 aromatic carbocycles. The second kappa shape index (κ2) is 10.3. The molecule has 0 aliphatic heterocycles. The van der Waals surface area contributed by atoms with E-state index in [-0.39, 0.29) is 37.1 Å². The molecule has 0 radical (unpaired) electrons. The number of Topliss-reactive ketones (excluding diaryl/α,β-unsaturated/α-hetero) is 1. The summed E-state index contributed by atoms with van der Waals surface area (Å²) in [6, 6.07) is 0. The van der Waals surface area contributed by atoms with Gasteiger partial charge in [-0.1, -0.05) is 38.8 Å². The molecule has 210 valence electrons. The number of aliphatic hydroxyl groups excluding tert-OH is 1. The van der Waals surface area contributed by atoms with Gasteiger partial charge in [-0.3, -0.25) is 9.59 Å². The lowest BCUT2D eigenvalue weighted by atomic mass is 9.45. The molecule has 0 bridgehead atoms. The van der Waals surface area contributed by atoms with Gasteiger partial charge in [-0.05, 0) is 62.5 Å². The highest BCUT2D eigenvalue weighted by atomic mass is 35.5. The fourth-order valence-electron chi connectivity index (χ4n) is 7.65. The number of methoxy groups -OCH3 is 1. The molecule has 1 unspecified atom stereocenters. The number of fused-ring (bicyclic) bond motifs is 5. The van der Waals surface area contributed by atoms with Gasteiger partial charge in [0, 0.05) is 10.8 Å². The van der Waals surface area contributed by atoms with Crippen LogP contribution in [0.5, 0.6) is 0 Å². The highest BCUT2D eigenvalue weighted by molar-refractivity contribution is 6.26. The molecule has 3 saturated carbocycles. The molecular formula is C28H37ClO9. The van der Waals surface area contributed by atoms with Crippen LogP contribution in [0, 0.1) is 22.7 Å². The average Bonchev–Trinajstić information content (AvgIpc) is 3.16. The van der Waals surface area contributed by atoms with Crippen LogP contribution >= 0.6 is 11.6 Å². The van der Waals surface area contributed by atoms with Crippen LogP contribution in [0.2, 0.25) is 0 Å². The number of hydrogen-bond donors (Lipinski definition) is 1. The summed E-state index contributed by atoms with van der Waals surface area (Å²) in [4.78, 5) is 49.2. The van der Waals surface area contributed by atoms with Gasteiger partial charge in [0.05, 0.1) is 24.7 Å². The summed E-state index contributed by atoms with van der Waals surface area (Å²) in [5, 5.41) is 11.7. The summed E-state index contributed by atoms with van der Waals surface area (Å²) in [6.45, 7) is 5.26. The van der Waals surface area contributed by atoms with Gasteiger partial charge in [0.2, 0.25) is 5.78 Å². The maximum Gasteiger partial charge on any atom is 0.509 e. The van der Waals surface area contributed by atoms with Crippen molar-refractivity contribution in [2.75, 3.05) is 20.3 Å². The van der Waals surface area contributed by atoms with Crippen molar-refractivity contribution >= 4 is 35.5 Å². The first kappa shape index (κ1) is 28.6. The second-order valence-electron chi connectivity index (χ2n) is 11.4. The monoisotopic (exact) mass is 552 g/mol. The van der Waals surface area contributed by atoms with Crippen LogP contribution in [0.25, 0.3) is 0 Å². The number of carbonyl (C=O) groups is 4. The zero-order valence-corrected chi connectivity index (χ0v) is 23.2. The summed E-state index contributed by atoms with van der Waals surface area (Å²) in [6.07, 6.45) is 5.27. The summed E-state index contributed by atoms with van der Waals surface area (Å²) in [7, 11) is 1.16. The number of halogens is 1. The van der Waals surface area contributed by atoms with Crippen LogP contribution in [-0.4, -0.2) is 65.9 Å². The van der Waals surface area contributed by atoms with Crippen LogP contribution in [0.1, 0.15) is 65.7 Å². The van der Waals surface area contributed by atoms with Gasteiger partial charge >= 0.3 is 12.3 Å². The minimum absolute atomic E-state index is 0.0615. The van der Waals surface area contributed by atoms with Crippen molar-refractivity contribution in [3.8, 4) is 0 Å². The Labute approximate surface area is 227 Å². The number of alkyl halides is 1. The summed E-state index contributed by atoms with van der Waals surface area (Å²) >= 11 is 7.43. The van der Waals surface area contributed by atoms with Crippen LogP contribution in [-0.2, 0) is 28.5 Å². The van der Waals surface area contributed by atoms with E-state index in [1.807, 2.05) is 20.8 Å². The van der Waals surface area contributed by atoms with Crippen molar-refractivity contribution in [2.24, 2.45) is 22.7 Å². The topological polar surface area (TPSA) is 125 Å². The zero-order chi connectivity index (χ0) is 27.9. The Morgan fingerprint density at radius 2 is 1.87 bits per heavy atom. The number of hydrogen-bond acceptors (Lipinski definition) is 9. The van der Waals surface area contributed by atoms with E-state index in [0.29, 0.717) is 25.7 Å². The molecule has 0 saturated heterocycles. The largest absolute Gasteiger partial charge is 0.509 e. The number of unbranched alkanes of at least 4 members (excludes halogenated alkanes) is 1. The molecule has 9 nitrogen and oxygen atoms in total. The van der Waals surface area contributed by atoms with E-state index in [1.54, 1.807) is 12.2 Å². The molecule has 4 aliphatic carbocycles. The van der Waals surface area contributed by atoms with Crippen LogP contribution in [0.15, 0.2) is 23.8 Å². The minimum Gasteiger partial charge on any atom is -0.438 e. The normalized spacial score (nSPS) is 39.3. The third kappa shape index (κ3) is 4.17. The Morgan fingerprint density at radius 3 is 2.55 bits per heavy atom. The van der Waals surface area contributed by atoms with Gasteiger partial charge in [0.1, 0.15) is 0 Å². The Kier molecular flexibility index (Phi) is 7.76. The van der Waals surface area contributed by atoms with Gasteiger partial charge < -0.3 is 24.1 Å². The number of carbonyl (C=O) groups excluding carboxylic acids is 4. The molecule has 0 heterocycles. The summed E-state index contributed by atoms with van der Waals surface area (Å²) < 4.78 is 20.6. The first-order valence-corrected chi connectivity index (χ1v) is 13.7. The molecular weight excluding hydrogens is 516 g/mol. The van der Waals surface area contributed by atoms with Crippen LogP contribution < -0.4 is 0 Å². The lowest BCUT2D eigenvalue weighted by Crippen LogP contribution is -2.69. The average molecular weight is 553 g/mol. The molecule has 4 aliphatic rings. The van der Waals surface area contributed by atoms with E-state index < -0.39 is 52.1 Å². The molecule has 0 amide bonds. The van der Waals surface area contributed by atoms with Crippen molar-refractivity contribution in [3.05, 3.63) is 23.8 Å². The Balaban J connectivity index is 1.66. The quantitative estimate of drug-likeness (QED) is 0.272. The van der Waals surface area contributed by atoms with Gasteiger partial charge in [0.15, 0.2) is 18.0 Å². The van der Waals surface area contributed by atoms with E-state index in [1.165, 1.54) is 6.08 Å². The van der Waals surface area contributed by atoms with E-state index in [9.17, 15) is 24.3 Å². The van der Waals surface area contributed by atoms with Crippen LogP contribution in [0.4, 0.5) is 9.59 Å².